The fourth-order valence-electron chi connectivity index (χ4n) is 7.15. The van der Waals surface area contributed by atoms with E-state index >= 15 is 0 Å². The molecule has 1 aromatic heterocycles. The quantitative estimate of drug-likeness (QED) is 0.487. The number of rotatable bonds is 7. The van der Waals surface area contributed by atoms with Crippen LogP contribution in [0.3, 0.4) is 0 Å². The van der Waals surface area contributed by atoms with Gasteiger partial charge >= 0.3 is 0 Å². The minimum absolute atomic E-state index is 0.380. The fourth-order valence-corrected chi connectivity index (χ4v) is 7.45. The Kier molecular flexibility index (Phi) is 6.50. The molecule has 1 aliphatic heterocycles. The van der Waals surface area contributed by atoms with Gasteiger partial charge in [0.15, 0.2) is 0 Å². The number of anilines is 3. The van der Waals surface area contributed by atoms with Crippen LogP contribution in [0.25, 0.3) is 0 Å². The number of piperazine rings is 1. The molecule has 4 bridgehead atoms. The van der Waals surface area contributed by atoms with E-state index in [-0.39, 0.29) is 0 Å². The van der Waals surface area contributed by atoms with Gasteiger partial charge in [0.2, 0.25) is 5.95 Å². The van der Waals surface area contributed by atoms with E-state index in [1.807, 2.05) is 6.20 Å². The summed E-state index contributed by atoms with van der Waals surface area (Å²) < 4.78 is 0.884. The zero-order valence-corrected chi connectivity index (χ0v) is 22.2. The number of nitrogens with zero attached hydrogens (tertiary/aromatic N) is 4. The van der Waals surface area contributed by atoms with Crippen molar-refractivity contribution in [2.24, 2.45) is 17.8 Å². The highest BCUT2D eigenvalue weighted by Gasteiger charge is 2.54. The van der Waals surface area contributed by atoms with Crippen LogP contribution in [0.15, 0.2) is 34.9 Å². The van der Waals surface area contributed by atoms with Gasteiger partial charge in [0.05, 0.1) is 10.1 Å². The lowest BCUT2D eigenvalue weighted by Crippen LogP contribution is -2.59. The maximum atomic E-state index is 10.9. The van der Waals surface area contributed by atoms with Gasteiger partial charge in [0.25, 0.3) is 0 Å². The monoisotopic (exact) mass is 540 g/mol. The first kappa shape index (κ1) is 23.6. The van der Waals surface area contributed by atoms with E-state index in [4.69, 9.17) is 4.98 Å². The lowest BCUT2D eigenvalue weighted by Gasteiger charge is -2.58. The first-order valence-corrected chi connectivity index (χ1v) is 14.0. The normalized spacial score (nSPS) is 32.7. The number of hydrogen-bond donors (Lipinski definition) is 3. The average Bonchev–Trinajstić information content (AvgIpc) is 2.83. The Morgan fingerprint density at radius 3 is 2.46 bits per heavy atom. The molecule has 2 atom stereocenters. The van der Waals surface area contributed by atoms with E-state index in [0.717, 1.165) is 74.4 Å². The molecule has 188 valence electrons. The molecule has 2 heterocycles. The summed E-state index contributed by atoms with van der Waals surface area (Å²) in [5, 5.41) is 18.0. The molecule has 35 heavy (non-hydrogen) atoms. The number of nitrogens with one attached hydrogen (secondary N) is 2. The Bertz CT molecular complexity index is 1020. The second kappa shape index (κ2) is 9.61. The topological polar surface area (TPSA) is 76.5 Å². The largest absolute Gasteiger partial charge is 0.390 e. The summed E-state index contributed by atoms with van der Waals surface area (Å²) in [7, 11) is 2.20. The Balaban J connectivity index is 1.07. The summed E-state index contributed by atoms with van der Waals surface area (Å²) in [5.74, 6) is 3.20. The van der Waals surface area contributed by atoms with E-state index in [1.165, 1.54) is 18.4 Å². The van der Waals surface area contributed by atoms with Crippen molar-refractivity contribution >= 4 is 33.4 Å². The lowest BCUT2D eigenvalue weighted by molar-refractivity contribution is -0.129. The maximum Gasteiger partial charge on any atom is 0.229 e. The number of benzene rings is 1. The lowest BCUT2D eigenvalue weighted by atomic mass is 9.52. The third-order valence-corrected chi connectivity index (χ3v) is 9.39. The van der Waals surface area contributed by atoms with Crippen LogP contribution in [0, 0.1) is 17.8 Å². The van der Waals surface area contributed by atoms with Crippen molar-refractivity contribution in [3.63, 3.8) is 0 Å². The van der Waals surface area contributed by atoms with Crippen LogP contribution < -0.4 is 10.6 Å². The summed E-state index contributed by atoms with van der Waals surface area (Å²) in [5.41, 5.74) is 1.94. The number of aromatic nitrogens is 2. The molecule has 4 aliphatic carbocycles. The standard InChI is InChI=1S/C27H37BrN6O/c1-33-8-10-34(11-9-33)7-6-18-2-4-22(5-3-18)30-26-29-17-23(28)25(32-26)31-24-20-12-19-13-21(24)16-27(35,14-19)15-20/h2-5,17,19-21,24,35H,6-16H2,1H3,(H2,29,30,31,32)/t19?,20?,21?,24-,27+. The Hall–Kier alpha value is -1.74. The first-order valence-electron chi connectivity index (χ1n) is 13.2. The van der Waals surface area contributed by atoms with Gasteiger partial charge in [0, 0.05) is 50.6 Å². The zero-order valence-electron chi connectivity index (χ0n) is 20.6. The SMILES string of the molecule is CN1CCN(CCc2ccc(Nc3ncc(Br)c(N[C@H]4C5CC6CC4C[C@@](O)(C6)C5)n3)cc2)CC1. The Morgan fingerprint density at radius 1 is 1.06 bits per heavy atom. The van der Waals surface area contributed by atoms with Crippen LogP contribution >= 0.6 is 15.9 Å². The molecule has 7 rings (SSSR count). The molecule has 8 heteroatoms. The second-order valence-electron chi connectivity index (χ2n) is 11.5. The van der Waals surface area contributed by atoms with Crippen LogP contribution in [-0.4, -0.2) is 76.3 Å². The zero-order chi connectivity index (χ0) is 24.0. The summed E-state index contributed by atoms with van der Waals surface area (Å²) >= 11 is 3.65. The van der Waals surface area contributed by atoms with Crippen molar-refractivity contribution in [1.82, 2.24) is 19.8 Å². The van der Waals surface area contributed by atoms with Gasteiger partial charge in [-0.1, -0.05) is 12.1 Å². The second-order valence-corrected chi connectivity index (χ2v) is 12.3. The number of hydrogen-bond acceptors (Lipinski definition) is 7. The van der Waals surface area contributed by atoms with Crippen molar-refractivity contribution in [3.05, 3.63) is 40.5 Å². The van der Waals surface area contributed by atoms with Gasteiger partial charge in [-0.2, -0.15) is 4.98 Å². The average molecular weight is 542 g/mol. The maximum absolute atomic E-state index is 10.9. The van der Waals surface area contributed by atoms with Crippen LogP contribution in [0.2, 0.25) is 0 Å². The minimum Gasteiger partial charge on any atom is -0.390 e. The summed E-state index contributed by atoms with van der Waals surface area (Å²) in [6, 6.07) is 9.03. The van der Waals surface area contributed by atoms with Gasteiger partial charge in [0.1, 0.15) is 5.82 Å². The Labute approximate surface area is 216 Å². The molecule has 1 saturated heterocycles. The molecular formula is C27H37BrN6O. The molecule has 7 nitrogen and oxygen atoms in total. The van der Waals surface area contributed by atoms with E-state index < -0.39 is 5.60 Å². The summed E-state index contributed by atoms with van der Waals surface area (Å²) in [6.45, 7) is 5.77. The molecule has 3 N–H and O–H groups in total. The van der Waals surface area contributed by atoms with E-state index in [1.54, 1.807) is 0 Å². The fraction of sp³-hybridized carbons (Fsp3) is 0.630. The van der Waals surface area contributed by atoms with Gasteiger partial charge in [-0.05, 0) is 97.0 Å². The van der Waals surface area contributed by atoms with Gasteiger partial charge in [-0.25, -0.2) is 4.98 Å². The number of halogens is 1. The van der Waals surface area contributed by atoms with Crippen LogP contribution in [-0.2, 0) is 6.42 Å². The first-order chi connectivity index (χ1) is 16.9. The molecule has 0 amide bonds. The van der Waals surface area contributed by atoms with Crippen LogP contribution in [0.5, 0.6) is 0 Å². The molecule has 4 saturated carbocycles. The summed E-state index contributed by atoms with van der Waals surface area (Å²) in [4.78, 5) is 14.3. The number of likely N-dealkylation sites (N-methyl/N-ethyl adjacent to an activating group) is 1. The van der Waals surface area contributed by atoms with Crippen molar-refractivity contribution < 1.29 is 5.11 Å². The smallest absolute Gasteiger partial charge is 0.229 e. The molecule has 0 spiro atoms. The predicted molar refractivity (Wildman–Crippen MR) is 143 cm³/mol. The van der Waals surface area contributed by atoms with Gasteiger partial charge in [-0.3, -0.25) is 0 Å². The molecule has 5 aliphatic rings. The minimum atomic E-state index is -0.416. The molecule has 0 radical (unpaired) electrons. The predicted octanol–water partition coefficient (Wildman–Crippen LogP) is 4.12. The summed E-state index contributed by atoms with van der Waals surface area (Å²) in [6.07, 6.45) is 8.21. The molecule has 2 aromatic rings. The van der Waals surface area contributed by atoms with Crippen molar-refractivity contribution in [3.8, 4) is 0 Å². The van der Waals surface area contributed by atoms with E-state index in [0.29, 0.717) is 29.7 Å². The van der Waals surface area contributed by atoms with Crippen molar-refractivity contribution in [1.29, 1.82) is 0 Å². The molecule has 5 fully saturated rings. The van der Waals surface area contributed by atoms with Crippen molar-refractivity contribution in [2.75, 3.05) is 50.4 Å². The number of aliphatic hydroxyl groups is 1. The van der Waals surface area contributed by atoms with Crippen molar-refractivity contribution in [2.45, 2.75) is 50.2 Å². The Morgan fingerprint density at radius 2 is 1.77 bits per heavy atom. The molecule has 1 aromatic carbocycles. The van der Waals surface area contributed by atoms with Gasteiger partial charge < -0.3 is 25.5 Å². The highest BCUT2D eigenvalue weighted by Crippen LogP contribution is 2.56. The van der Waals surface area contributed by atoms with E-state index in [9.17, 15) is 5.11 Å². The van der Waals surface area contributed by atoms with Gasteiger partial charge in [-0.15, -0.1) is 0 Å². The third-order valence-electron chi connectivity index (χ3n) is 8.81. The third kappa shape index (κ3) is 5.22. The highest BCUT2D eigenvalue weighted by molar-refractivity contribution is 9.10. The van der Waals surface area contributed by atoms with E-state index in [2.05, 4.69) is 72.7 Å². The molecular weight excluding hydrogens is 504 g/mol. The highest BCUT2D eigenvalue weighted by atomic mass is 79.9. The van der Waals surface area contributed by atoms with Crippen LogP contribution in [0.4, 0.5) is 17.5 Å². The molecule has 2 unspecified atom stereocenters. The van der Waals surface area contributed by atoms with Crippen LogP contribution in [0.1, 0.15) is 37.7 Å².